The Morgan fingerprint density at radius 1 is 1.06 bits per heavy atom. The Morgan fingerprint density at radius 2 is 1.77 bits per heavy atom. The van der Waals surface area contributed by atoms with Crippen molar-refractivity contribution in [1.29, 1.82) is 5.26 Å². The second-order valence-electron chi connectivity index (χ2n) is 6.56. The van der Waals surface area contributed by atoms with Gasteiger partial charge in [-0.05, 0) is 72.7 Å². The minimum Gasteiger partial charge on any atom is -0.379 e. The smallest absolute Gasteiger partial charge is 0.339 e. The van der Waals surface area contributed by atoms with Gasteiger partial charge in [0, 0.05) is 10.7 Å². The van der Waals surface area contributed by atoms with Gasteiger partial charge in [-0.15, -0.1) is 0 Å². The van der Waals surface area contributed by atoms with E-state index in [-0.39, 0.29) is 16.2 Å². The van der Waals surface area contributed by atoms with E-state index in [9.17, 15) is 18.5 Å². The van der Waals surface area contributed by atoms with Crippen LogP contribution in [0.4, 0.5) is 5.69 Å². The molecule has 1 N–H and O–H groups in total. The Kier molecular flexibility index (Phi) is 6.75. The molecule has 0 aromatic heterocycles. The van der Waals surface area contributed by atoms with Crippen molar-refractivity contribution in [2.45, 2.75) is 11.8 Å². The molecule has 156 valence electrons. The minimum absolute atomic E-state index is 0.0417. The number of hydrogen-bond acceptors (Lipinski definition) is 5. The molecule has 6 nitrogen and oxygen atoms in total. The summed E-state index contributed by atoms with van der Waals surface area (Å²) < 4.78 is 30.1. The summed E-state index contributed by atoms with van der Waals surface area (Å²) in [7, 11) is -4.07. The van der Waals surface area contributed by atoms with Gasteiger partial charge in [-0.3, -0.25) is 4.79 Å². The number of rotatable bonds is 6. The first-order valence-corrected chi connectivity index (χ1v) is 10.9. The zero-order valence-corrected chi connectivity index (χ0v) is 17.9. The van der Waals surface area contributed by atoms with Crippen LogP contribution in [0.1, 0.15) is 11.1 Å². The summed E-state index contributed by atoms with van der Waals surface area (Å²) in [5.74, 6) is -0.534. The molecule has 0 bridgehead atoms. The molecule has 3 aromatic rings. The van der Waals surface area contributed by atoms with Gasteiger partial charge in [0.15, 0.2) is 0 Å². The second kappa shape index (κ2) is 9.47. The molecule has 0 heterocycles. The van der Waals surface area contributed by atoms with E-state index in [1.54, 1.807) is 30.3 Å². The van der Waals surface area contributed by atoms with Crippen molar-refractivity contribution in [2.24, 2.45) is 0 Å². The number of anilines is 1. The zero-order valence-electron chi connectivity index (χ0n) is 16.4. The summed E-state index contributed by atoms with van der Waals surface area (Å²) in [5.41, 5.74) is 1.82. The normalized spacial score (nSPS) is 11.5. The summed E-state index contributed by atoms with van der Waals surface area (Å²) in [6.07, 6.45) is 1.35. The predicted molar refractivity (Wildman–Crippen MR) is 119 cm³/mol. The molecule has 0 fully saturated rings. The molecule has 1 amide bonds. The fourth-order valence-electron chi connectivity index (χ4n) is 2.67. The van der Waals surface area contributed by atoms with E-state index in [0.29, 0.717) is 16.3 Å². The number of hydrogen-bond donors (Lipinski definition) is 1. The van der Waals surface area contributed by atoms with Crippen LogP contribution in [0.5, 0.6) is 5.75 Å². The third-order valence-corrected chi connectivity index (χ3v) is 5.63. The molecule has 3 aromatic carbocycles. The monoisotopic (exact) mass is 452 g/mol. The molecule has 0 aliphatic rings. The fraction of sp³-hybridized carbons (Fsp3) is 0.0435. The first-order chi connectivity index (χ1) is 14.8. The Hall–Kier alpha value is -3.60. The summed E-state index contributed by atoms with van der Waals surface area (Å²) >= 11 is 5.79. The molecule has 0 radical (unpaired) electrons. The lowest BCUT2D eigenvalue weighted by Crippen LogP contribution is -2.13. The lowest BCUT2D eigenvalue weighted by Gasteiger charge is -2.08. The molecule has 0 unspecified atom stereocenters. The van der Waals surface area contributed by atoms with Crippen molar-refractivity contribution in [1.82, 2.24) is 0 Å². The van der Waals surface area contributed by atoms with Gasteiger partial charge in [0.2, 0.25) is 0 Å². The topological polar surface area (TPSA) is 96.3 Å². The number of aryl methyl sites for hydroxylation is 1. The molecule has 8 heteroatoms. The van der Waals surface area contributed by atoms with E-state index >= 15 is 0 Å². The van der Waals surface area contributed by atoms with Gasteiger partial charge < -0.3 is 9.50 Å². The molecule has 0 atom stereocenters. The third kappa shape index (κ3) is 5.95. The SMILES string of the molecule is Cc1cccc(NC(=O)/C(C#N)=C\c2cccc(OS(=O)(=O)c3ccc(Cl)cc3)c2)c1. The van der Waals surface area contributed by atoms with Gasteiger partial charge in [0.1, 0.15) is 22.3 Å². The fourth-order valence-corrected chi connectivity index (χ4v) is 3.72. The van der Waals surface area contributed by atoms with Crippen LogP contribution in [-0.2, 0) is 14.9 Å². The molecule has 31 heavy (non-hydrogen) atoms. The molecule has 0 spiro atoms. The van der Waals surface area contributed by atoms with E-state index in [2.05, 4.69) is 5.32 Å². The molecule has 0 saturated carbocycles. The van der Waals surface area contributed by atoms with Crippen molar-refractivity contribution in [3.8, 4) is 11.8 Å². The summed E-state index contributed by atoms with van der Waals surface area (Å²) in [6.45, 7) is 1.89. The first kappa shape index (κ1) is 22.1. The maximum atomic E-state index is 12.4. The lowest BCUT2D eigenvalue weighted by molar-refractivity contribution is -0.112. The van der Waals surface area contributed by atoms with Crippen molar-refractivity contribution in [2.75, 3.05) is 5.32 Å². The van der Waals surface area contributed by atoms with Gasteiger partial charge in [0.05, 0.1) is 0 Å². The van der Waals surface area contributed by atoms with Gasteiger partial charge in [-0.25, -0.2) is 0 Å². The van der Waals surface area contributed by atoms with Crippen molar-refractivity contribution in [3.63, 3.8) is 0 Å². The molecule has 0 saturated heterocycles. The molecule has 0 aliphatic carbocycles. The predicted octanol–water partition coefficient (Wildman–Crippen LogP) is 4.96. The number of halogens is 1. The van der Waals surface area contributed by atoms with Crippen LogP contribution in [-0.4, -0.2) is 14.3 Å². The number of nitriles is 1. The highest BCUT2D eigenvalue weighted by molar-refractivity contribution is 7.87. The molecular formula is C23H17ClN2O4S. The van der Waals surface area contributed by atoms with Crippen molar-refractivity contribution >= 4 is 39.4 Å². The van der Waals surface area contributed by atoms with Gasteiger partial charge >= 0.3 is 10.1 Å². The minimum atomic E-state index is -4.07. The summed E-state index contributed by atoms with van der Waals surface area (Å²) in [4.78, 5) is 12.4. The molecule has 0 aliphatic heterocycles. The van der Waals surface area contributed by atoms with E-state index < -0.39 is 16.0 Å². The molecule has 3 rings (SSSR count). The Bertz CT molecular complexity index is 1290. The van der Waals surface area contributed by atoms with E-state index in [0.717, 1.165) is 5.56 Å². The van der Waals surface area contributed by atoms with E-state index in [1.165, 1.54) is 42.5 Å². The first-order valence-electron chi connectivity index (χ1n) is 9.07. The van der Waals surface area contributed by atoms with Gasteiger partial charge in [0.25, 0.3) is 5.91 Å². The quantitative estimate of drug-likeness (QED) is 0.324. The van der Waals surface area contributed by atoms with Crippen molar-refractivity contribution < 1.29 is 17.4 Å². The van der Waals surface area contributed by atoms with E-state index in [4.69, 9.17) is 15.8 Å². The van der Waals surface area contributed by atoms with Gasteiger partial charge in [-0.1, -0.05) is 35.9 Å². The van der Waals surface area contributed by atoms with Crippen LogP contribution >= 0.6 is 11.6 Å². The Labute approximate surface area is 185 Å². The standard InChI is InChI=1S/C23H17ClN2O4S/c1-16-4-2-6-20(12-16)26-23(27)18(15-25)13-17-5-3-7-21(14-17)30-31(28,29)22-10-8-19(24)9-11-22/h2-14H,1H3,(H,26,27)/b18-13-. The lowest BCUT2D eigenvalue weighted by atomic mass is 10.1. The van der Waals surface area contributed by atoms with Gasteiger partial charge in [-0.2, -0.15) is 13.7 Å². The maximum absolute atomic E-state index is 12.4. The third-order valence-electron chi connectivity index (χ3n) is 4.12. The zero-order chi connectivity index (χ0) is 22.4. The number of carbonyl (C=O) groups excluding carboxylic acids is 1. The van der Waals surface area contributed by atoms with Crippen LogP contribution < -0.4 is 9.50 Å². The maximum Gasteiger partial charge on any atom is 0.339 e. The highest BCUT2D eigenvalue weighted by atomic mass is 35.5. The highest BCUT2D eigenvalue weighted by Crippen LogP contribution is 2.22. The Balaban J connectivity index is 1.81. The number of nitrogens with zero attached hydrogens (tertiary/aromatic N) is 1. The number of amides is 1. The van der Waals surface area contributed by atoms with Crippen molar-refractivity contribution in [3.05, 3.63) is 94.5 Å². The second-order valence-corrected chi connectivity index (χ2v) is 8.54. The number of carbonyl (C=O) groups is 1. The Morgan fingerprint density at radius 3 is 2.45 bits per heavy atom. The van der Waals surface area contributed by atoms with Crippen LogP contribution in [0.3, 0.4) is 0 Å². The highest BCUT2D eigenvalue weighted by Gasteiger charge is 2.17. The van der Waals surface area contributed by atoms with Crippen LogP contribution in [0.25, 0.3) is 6.08 Å². The summed E-state index contributed by atoms with van der Waals surface area (Å²) in [5, 5.41) is 12.5. The van der Waals surface area contributed by atoms with Crippen LogP contribution in [0.2, 0.25) is 5.02 Å². The number of benzene rings is 3. The summed E-state index contributed by atoms with van der Waals surface area (Å²) in [6, 6.07) is 20.7. The average molecular weight is 453 g/mol. The van der Waals surface area contributed by atoms with Crippen LogP contribution in [0, 0.1) is 18.3 Å². The largest absolute Gasteiger partial charge is 0.379 e. The number of nitrogens with one attached hydrogen (secondary N) is 1. The van der Waals surface area contributed by atoms with E-state index in [1.807, 2.05) is 19.1 Å². The average Bonchev–Trinajstić information content (AvgIpc) is 2.72. The molecular weight excluding hydrogens is 436 g/mol. The van der Waals surface area contributed by atoms with Crippen LogP contribution in [0.15, 0.2) is 83.3 Å².